The number of pyridine rings is 1. The number of halogens is 2. The Morgan fingerprint density at radius 1 is 0.900 bits per heavy atom. The average molecular weight is 269 g/mol. The molecule has 2 aromatic carbocycles. The van der Waals surface area contributed by atoms with E-state index < -0.39 is 23.0 Å². The summed E-state index contributed by atoms with van der Waals surface area (Å²) in [5.74, 6) is -2.45. The van der Waals surface area contributed by atoms with E-state index in [1.165, 1.54) is 18.3 Å². The van der Waals surface area contributed by atoms with Crippen LogP contribution in [0.5, 0.6) is 0 Å². The summed E-state index contributed by atoms with van der Waals surface area (Å²) in [5, 5.41) is 0.745. The van der Waals surface area contributed by atoms with Crippen molar-refractivity contribution in [3.8, 4) is 0 Å². The number of ketones is 1. The van der Waals surface area contributed by atoms with Gasteiger partial charge in [-0.2, -0.15) is 0 Å². The molecule has 2 nitrogen and oxygen atoms in total. The first-order chi connectivity index (χ1) is 9.68. The Hall–Kier alpha value is -2.62. The second kappa shape index (κ2) is 4.81. The molecular weight excluding hydrogens is 260 g/mol. The largest absolute Gasteiger partial charge is 0.288 e. The van der Waals surface area contributed by atoms with Gasteiger partial charge in [-0.05, 0) is 24.3 Å². The van der Waals surface area contributed by atoms with Crippen LogP contribution in [0.15, 0.2) is 54.7 Å². The molecule has 0 radical (unpaired) electrons. The van der Waals surface area contributed by atoms with Crippen molar-refractivity contribution in [2.24, 2.45) is 0 Å². The van der Waals surface area contributed by atoms with Crippen LogP contribution in [0, 0.1) is 11.6 Å². The number of benzene rings is 2. The van der Waals surface area contributed by atoms with Crippen LogP contribution in [0.25, 0.3) is 10.9 Å². The zero-order valence-corrected chi connectivity index (χ0v) is 10.3. The topological polar surface area (TPSA) is 30.0 Å². The normalized spacial score (nSPS) is 10.7. The molecule has 0 unspecified atom stereocenters. The van der Waals surface area contributed by atoms with Gasteiger partial charge in [-0.3, -0.25) is 9.78 Å². The fourth-order valence-electron chi connectivity index (χ4n) is 2.14. The van der Waals surface area contributed by atoms with Gasteiger partial charge in [0.15, 0.2) is 0 Å². The van der Waals surface area contributed by atoms with E-state index in [1.54, 1.807) is 24.3 Å². The minimum Gasteiger partial charge on any atom is -0.288 e. The molecule has 3 rings (SSSR count). The molecule has 1 aromatic heterocycles. The highest BCUT2D eigenvalue weighted by atomic mass is 19.1. The van der Waals surface area contributed by atoms with Crippen molar-refractivity contribution in [1.29, 1.82) is 0 Å². The summed E-state index contributed by atoms with van der Waals surface area (Å²) in [6, 6.07) is 11.8. The number of para-hydroxylation sites is 1. The molecule has 0 fully saturated rings. The first-order valence-corrected chi connectivity index (χ1v) is 6.01. The van der Waals surface area contributed by atoms with Gasteiger partial charge in [0.25, 0.3) is 0 Å². The maximum atomic E-state index is 13.7. The summed E-state index contributed by atoms with van der Waals surface area (Å²) in [7, 11) is 0. The third-order valence-electron chi connectivity index (χ3n) is 3.07. The molecule has 1 heterocycles. The molecule has 0 aliphatic rings. The summed E-state index contributed by atoms with van der Waals surface area (Å²) >= 11 is 0. The lowest BCUT2D eigenvalue weighted by atomic mass is 9.99. The molecule has 0 atom stereocenters. The maximum absolute atomic E-state index is 13.7. The first kappa shape index (κ1) is 12.4. The Kier molecular flexibility index (Phi) is 2.99. The summed E-state index contributed by atoms with van der Waals surface area (Å²) in [6.45, 7) is 0. The van der Waals surface area contributed by atoms with Gasteiger partial charge in [0, 0.05) is 17.1 Å². The van der Waals surface area contributed by atoms with Crippen molar-refractivity contribution in [2.75, 3.05) is 0 Å². The monoisotopic (exact) mass is 269 g/mol. The van der Waals surface area contributed by atoms with Crippen LogP contribution in [0.1, 0.15) is 15.9 Å². The highest BCUT2D eigenvalue weighted by Crippen LogP contribution is 2.22. The van der Waals surface area contributed by atoms with E-state index in [1.807, 2.05) is 0 Å². The van der Waals surface area contributed by atoms with Gasteiger partial charge in [-0.1, -0.05) is 24.3 Å². The molecule has 0 saturated carbocycles. The molecule has 0 aliphatic heterocycles. The highest BCUT2D eigenvalue weighted by Gasteiger charge is 2.20. The van der Waals surface area contributed by atoms with Crippen LogP contribution in [-0.2, 0) is 0 Å². The Morgan fingerprint density at radius 2 is 1.55 bits per heavy atom. The maximum Gasteiger partial charge on any atom is 0.201 e. The summed E-state index contributed by atoms with van der Waals surface area (Å²) in [5.41, 5.74) is 0.0698. The number of nitrogens with zero attached hydrogens (tertiary/aromatic N) is 1. The van der Waals surface area contributed by atoms with Crippen molar-refractivity contribution in [1.82, 2.24) is 4.98 Å². The fraction of sp³-hybridized carbons (Fsp3) is 0. The van der Waals surface area contributed by atoms with Gasteiger partial charge < -0.3 is 0 Å². The second-order valence-corrected chi connectivity index (χ2v) is 4.31. The average Bonchev–Trinajstić information content (AvgIpc) is 2.46. The molecule has 0 saturated heterocycles. The smallest absolute Gasteiger partial charge is 0.201 e. The quantitative estimate of drug-likeness (QED) is 0.663. The molecular formula is C16H9F2NO. The minimum absolute atomic E-state index is 0.187. The van der Waals surface area contributed by atoms with Gasteiger partial charge in [-0.15, -0.1) is 0 Å². The van der Waals surface area contributed by atoms with Crippen LogP contribution in [0.3, 0.4) is 0 Å². The van der Waals surface area contributed by atoms with Gasteiger partial charge in [0.2, 0.25) is 5.78 Å². The Morgan fingerprint density at radius 3 is 2.30 bits per heavy atom. The van der Waals surface area contributed by atoms with Gasteiger partial charge in [0.1, 0.15) is 11.6 Å². The third kappa shape index (κ3) is 1.95. The summed E-state index contributed by atoms with van der Waals surface area (Å²) in [6.07, 6.45) is 1.54. The Bertz CT molecular complexity index is 789. The van der Waals surface area contributed by atoms with Crippen molar-refractivity contribution in [2.45, 2.75) is 0 Å². The lowest BCUT2D eigenvalue weighted by molar-refractivity contribution is 0.103. The Balaban J connectivity index is 2.24. The van der Waals surface area contributed by atoms with Gasteiger partial charge >= 0.3 is 0 Å². The van der Waals surface area contributed by atoms with E-state index in [4.69, 9.17) is 0 Å². The van der Waals surface area contributed by atoms with Crippen LogP contribution in [-0.4, -0.2) is 10.8 Å². The molecule has 0 amide bonds. The second-order valence-electron chi connectivity index (χ2n) is 4.31. The van der Waals surface area contributed by atoms with Crippen molar-refractivity contribution >= 4 is 16.7 Å². The SMILES string of the molecule is O=C(c1c(F)cccc1F)c1cccc2cccnc12. The van der Waals surface area contributed by atoms with Gasteiger partial charge in [0.05, 0.1) is 11.1 Å². The molecule has 20 heavy (non-hydrogen) atoms. The predicted molar refractivity (Wildman–Crippen MR) is 71.5 cm³/mol. The zero-order chi connectivity index (χ0) is 14.1. The lowest BCUT2D eigenvalue weighted by Gasteiger charge is -2.06. The molecule has 0 bridgehead atoms. The predicted octanol–water partition coefficient (Wildman–Crippen LogP) is 3.74. The van der Waals surface area contributed by atoms with E-state index in [9.17, 15) is 13.6 Å². The third-order valence-corrected chi connectivity index (χ3v) is 3.07. The van der Waals surface area contributed by atoms with Crippen molar-refractivity contribution in [3.05, 3.63) is 77.5 Å². The van der Waals surface area contributed by atoms with Crippen LogP contribution >= 0.6 is 0 Å². The zero-order valence-electron chi connectivity index (χ0n) is 10.3. The first-order valence-electron chi connectivity index (χ1n) is 6.01. The molecule has 0 spiro atoms. The van der Waals surface area contributed by atoms with Crippen molar-refractivity contribution in [3.63, 3.8) is 0 Å². The van der Waals surface area contributed by atoms with E-state index in [0.717, 1.165) is 17.5 Å². The number of hydrogen-bond donors (Lipinski definition) is 0. The standard InChI is InChI=1S/C16H9F2NO/c17-12-7-2-8-13(18)14(12)16(20)11-6-1-4-10-5-3-9-19-15(10)11/h1-9H. The molecule has 3 aromatic rings. The number of fused-ring (bicyclic) bond motifs is 1. The van der Waals surface area contributed by atoms with Crippen molar-refractivity contribution < 1.29 is 13.6 Å². The van der Waals surface area contributed by atoms with E-state index in [0.29, 0.717) is 5.52 Å². The van der Waals surface area contributed by atoms with E-state index in [-0.39, 0.29) is 5.56 Å². The van der Waals surface area contributed by atoms with Crippen LogP contribution < -0.4 is 0 Å². The molecule has 4 heteroatoms. The van der Waals surface area contributed by atoms with Crippen LogP contribution in [0.2, 0.25) is 0 Å². The number of hydrogen-bond acceptors (Lipinski definition) is 2. The number of carbonyl (C=O) groups excluding carboxylic acids is 1. The molecule has 0 aliphatic carbocycles. The number of aromatic nitrogens is 1. The summed E-state index contributed by atoms with van der Waals surface area (Å²) < 4.78 is 27.4. The number of carbonyl (C=O) groups is 1. The van der Waals surface area contributed by atoms with E-state index in [2.05, 4.69) is 4.98 Å². The summed E-state index contributed by atoms with van der Waals surface area (Å²) in [4.78, 5) is 16.5. The van der Waals surface area contributed by atoms with Crippen LogP contribution in [0.4, 0.5) is 8.78 Å². The molecule has 0 N–H and O–H groups in total. The minimum atomic E-state index is -0.872. The fourth-order valence-corrected chi connectivity index (χ4v) is 2.14. The van der Waals surface area contributed by atoms with Gasteiger partial charge in [-0.25, -0.2) is 8.78 Å². The number of rotatable bonds is 2. The lowest BCUT2D eigenvalue weighted by Crippen LogP contribution is -2.08. The highest BCUT2D eigenvalue weighted by molar-refractivity contribution is 6.15. The molecule has 98 valence electrons. The Labute approximate surface area is 113 Å². The van der Waals surface area contributed by atoms with E-state index >= 15 is 0 Å².